The van der Waals surface area contributed by atoms with Crippen LogP contribution in [0.2, 0.25) is 0 Å². The predicted molar refractivity (Wildman–Crippen MR) is 83.9 cm³/mol. The summed E-state index contributed by atoms with van der Waals surface area (Å²) < 4.78 is 11.2. The monoisotopic (exact) mass is 283 g/mol. The molecule has 21 heavy (non-hydrogen) atoms. The van der Waals surface area contributed by atoms with Crippen LogP contribution in [0.4, 0.5) is 0 Å². The minimum absolute atomic E-state index is 0.431. The standard InChI is InChI=1S/C18H21NO2/c1-14(11-15-5-3-2-4-6-15)19-13-16-7-8-17-18(12-16)21-10-9-20-17/h2-8,12,14,19H,9-11,13H2,1H3. The fourth-order valence-electron chi connectivity index (χ4n) is 2.53. The van der Waals surface area contributed by atoms with Crippen molar-refractivity contribution in [2.24, 2.45) is 0 Å². The third kappa shape index (κ3) is 3.76. The molecule has 2 aromatic rings. The van der Waals surface area contributed by atoms with Crippen LogP contribution in [0.25, 0.3) is 0 Å². The van der Waals surface area contributed by atoms with Crippen molar-refractivity contribution in [1.82, 2.24) is 5.32 Å². The minimum atomic E-state index is 0.431. The number of hydrogen-bond acceptors (Lipinski definition) is 3. The van der Waals surface area contributed by atoms with E-state index in [-0.39, 0.29) is 0 Å². The van der Waals surface area contributed by atoms with E-state index in [1.54, 1.807) is 0 Å². The summed E-state index contributed by atoms with van der Waals surface area (Å²) >= 11 is 0. The van der Waals surface area contributed by atoms with Crippen molar-refractivity contribution >= 4 is 0 Å². The number of benzene rings is 2. The summed E-state index contributed by atoms with van der Waals surface area (Å²) in [4.78, 5) is 0. The van der Waals surface area contributed by atoms with Crippen LogP contribution >= 0.6 is 0 Å². The number of ether oxygens (including phenoxy) is 2. The lowest BCUT2D eigenvalue weighted by Gasteiger charge is -2.19. The van der Waals surface area contributed by atoms with Crippen molar-refractivity contribution in [1.29, 1.82) is 0 Å². The molecule has 0 saturated heterocycles. The second kappa shape index (κ2) is 6.64. The largest absolute Gasteiger partial charge is 0.486 e. The highest BCUT2D eigenvalue weighted by molar-refractivity contribution is 5.43. The summed E-state index contributed by atoms with van der Waals surface area (Å²) in [5.74, 6) is 1.71. The number of fused-ring (bicyclic) bond motifs is 1. The molecule has 0 spiro atoms. The fraction of sp³-hybridized carbons (Fsp3) is 0.333. The lowest BCUT2D eigenvalue weighted by Crippen LogP contribution is -2.27. The SMILES string of the molecule is CC(Cc1ccccc1)NCc1ccc2c(c1)OCCO2. The van der Waals surface area contributed by atoms with Gasteiger partial charge in [-0.05, 0) is 36.6 Å². The summed E-state index contributed by atoms with van der Waals surface area (Å²) in [7, 11) is 0. The molecule has 1 heterocycles. The highest BCUT2D eigenvalue weighted by Crippen LogP contribution is 2.30. The highest BCUT2D eigenvalue weighted by atomic mass is 16.6. The van der Waals surface area contributed by atoms with Crippen LogP contribution < -0.4 is 14.8 Å². The van der Waals surface area contributed by atoms with Crippen molar-refractivity contribution in [3.05, 3.63) is 59.7 Å². The molecule has 0 bridgehead atoms. The maximum absolute atomic E-state index is 5.61. The molecule has 1 atom stereocenters. The van der Waals surface area contributed by atoms with Gasteiger partial charge in [-0.2, -0.15) is 0 Å². The Hall–Kier alpha value is -2.00. The van der Waals surface area contributed by atoms with Crippen LogP contribution in [0.3, 0.4) is 0 Å². The maximum atomic E-state index is 5.61. The Morgan fingerprint density at radius 1 is 0.952 bits per heavy atom. The molecule has 2 aromatic carbocycles. The Morgan fingerprint density at radius 2 is 1.71 bits per heavy atom. The van der Waals surface area contributed by atoms with Crippen LogP contribution in [0.15, 0.2) is 48.5 Å². The molecule has 0 radical (unpaired) electrons. The Kier molecular flexibility index (Phi) is 4.41. The van der Waals surface area contributed by atoms with Crippen LogP contribution in [-0.2, 0) is 13.0 Å². The number of hydrogen-bond donors (Lipinski definition) is 1. The highest BCUT2D eigenvalue weighted by Gasteiger charge is 2.12. The molecular formula is C18H21NO2. The lowest BCUT2D eigenvalue weighted by molar-refractivity contribution is 0.171. The van der Waals surface area contributed by atoms with Crippen LogP contribution in [-0.4, -0.2) is 19.3 Å². The van der Waals surface area contributed by atoms with Gasteiger partial charge in [-0.3, -0.25) is 0 Å². The zero-order valence-electron chi connectivity index (χ0n) is 12.3. The van der Waals surface area contributed by atoms with E-state index in [1.807, 2.05) is 6.07 Å². The molecule has 1 unspecified atom stereocenters. The van der Waals surface area contributed by atoms with Crippen LogP contribution in [0.5, 0.6) is 11.5 Å². The average Bonchev–Trinajstić information content (AvgIpc) is 2.54. The Labute approximate surface area is 125 Å². The Bertz CT molecular complexity index is 583. The zero-order chi connectivity index (χ0) is 14.5. The molecule has 0 amide bonds. The molecule has 0 saturated carbocycles. The summed E-state index contributed by atoms with van der Waals surface area (Å²) in [6, 6.07) is 17.1. The van der Waals surface area contributed by atoms with Gasteiger partial charge in [0, 0.05) is 12.6 Å². The molecule has 0 aliphatic carbocycles. The molecule has 0 fully saturated rings. The molecule has 1 aliphatic rings. The van der Waals surface area contributed by atoms with Crippen molar-refractivity contribution in [3.63, 3.8) is 0 Å². The number of nitrogens with one attached hydrogen (secondary N) is 1. The molecule has 0 aromatic heterocycles. The van der Waals surface area contributed by atoms with E-state index in [1.165, 1.54) is 11.1 Å². The van der Waals surface area contributed by atoms with Crippen molar-refractivity contribution in [2.75, 3.05) is 13.2 Å². The van der Waals surface area contributed by atoms with Gasteiger partial charge < -0.3 is 14.8 Å². The van der Waals surface area contributed by atoms with E-state index in [0.717, 1.165) is 24.5 Å². The van der Waals surface area contributed by atoms with Gasteiger partial charge in [-0.15, -0.1) is 0 Å². The molecule has 110 valence electrons. The third-order valence-corrected chi connectivity index (χ3v) is 3.65. The maximum Gasteiger partial charge on any atom is 0.161 e. The summed E-state index contributed by atoms with van der Waals surface area (Å²) in [5, 5.41) is 3.56. The quantitative estimate of drug-likeness (QED) is 0.914. The first-order chi connectivity index (χ1) is 10.3. The predicted octanol–water partition coefficient (Wildman–Crippen LogP) is 3.18. The minimum Gasteiger partial charge on any atom is -0.486 e. The summed E-state index contributed by atoms with van der Waals surface area (Å²) in [6.45, 7) is 4.32. The van der Waals surface area contributed by atoms with Gasteiger partial charge in [0.05, 0.1) is 0 Å². The second-order valence-corrected chi connectivity index (χ2v) is 5.45. The van der Waals surface area contributed by atoms with Crippen LogP contribution in [0, 0.1) is 0 Å². The lowest BCUT2D eigenvalue weighted by atomic mass is 10.1. The van der Waals surface area contributed by atoms with Crippen molar-refractivity contribution in [3.8, 4) is 11.5 Å². The molecular weight excluding hydrogens is 262 g/mol. The number of rotatable bonds is 5. The van der Waals surface area contributed by atoms with Crippen LogP contribution in [0.1, 0.15) is 18.1 Å². The van der Waals surface area contributed by atoms with Gasteiger partial charge in [-0.1, -0.05) is 36.4 Å². The van der Waals surface area contributed by atoms with E-state index in [4.69, 9.17) is 9.47 Å². The molecule has 3 rings (SSSR count). The van der Waals surface area contributed by atoms with E-state index < -0.39 is 0 Å². The molecule has 3 nitrogen and oxygen atoms in total. The van der Waals surface area contributed by atoms with Crippen molar-refractivity contribution in [2.45, 2.75) is 25.9 Å². The third-order valence-electron chi connectivity index (χ3n) is 3.65. The fourth-order valence-corrected chi connectivity index (χ4v) is 2.53. The zero-order valence-corrected chi connectivity index (χ0v) is 12.3. The normalized spacial score (nSPS) is 14.7. The first kappa shape index (κ1) is 14.0. The van der Waals surface area contributed by atoms with Crippen molar-refractivity contribution < 1.29 is 9.47 Å². The first-order valence-electron chi connectivity index (χ1n) is 7.47. The summed E-state index contributed by atoms with van der Waals surface area (Å²) in [6.07, 6.45) is 1.03. The first-order valence-corrected chi connectivity index (χ1v) is 7.47. The Balaban J connectivity index is 1.55. The van der Waals surface area contributed by atoms with Gasteiger partial charge in [0.2, 0.25) is 0 Å². The topological polar surface area (TPSA) is 30.5 Å². The van der Waals surface area contributed by atoms with E-state index in [0.29, 0.717) is 19.3 Å². The van der Waals surface area contributed by atoms with E-state index in [9.17, 15) is 0 Å². The summed E-state index contributed by atoms with van der Waals surface area (Å²) in [5.41, 5.74) is 2.58. The Morgan fingerprint density at radius 3 is 2.52 bits per heavy atom. The smallest absolute Gasteiger partial charge is 0.161 e. The van der Waals surface area contributed by atoms with Gasteiger partial charge in [0.1, 0.15) is 13.2 Å². The average molecular weight is 283 g/mol. The van der Waals surface area contributed by atoms with Gasteiger partial charge in [0.15, 0.2) is 11.5 Å². The molecule has 1 N–H and O–H groups in total. The van der Waals surface area contributed by atoms with Gasteiger partial charge >= 0.3 is 0 Å². The molecule has 3 heteroatoms. The van der Waals surface area contributed by atoms with Gasteiger partial charge in [-0.25, -0.2) is 0 Å². The van der Waals surface area contributed by atoms with E-state index in [2.05, 4.69) is 54.7 Å². The second-order valence-electron chi connectivity index (χ2n) is 5.45. The van der Waals surface area contributed by atoms with E-state index >= 15 is 0 Å². The van der Waals surface area contributed by atoms with Gasteiger partial charge in [0.25, 0.3) is 0 Å². The molecule has 1 aliphatic heterocycles.